The molecular weight excluding hydrogens is 247 g/mol. The Hall–Kier alpha value is -0.730. The second-order valence-corrected chi connectivity index (χ2v) is 4.77. The maximum Gasteiger partial charge on any atom is 0.156 e. The lowest BCUT2D eigenvalue weighted by atomic mass is 10.2. The summed E-state index contributed by atoms with van der Waals surface area (Å²) in [6.45, 7) is 0. The first-order valence-electron chi connectivity index (χ1n) is 5.31. The highest BCUT2D eigenvalue weighted by Gasteiger charge is 2.19. The summed E-state index contributed by atoms with van der Waals surface area (Å²) in [5.74, 6) is 0.501. The Balaban J connectivity index is 2.22. The average Bonchev–Trinajstić information content (AvgIpc) is 2.75. The molecule has 0 bridgehead atoms. The van der Waals surface area contributed by atoms with Crippen molar-refractivity contribution in [2.45, 2.75) is 31.8 Å². The van der Waals surface area contributed by atoms with Crippen molar-refractivity contribution in [1.82, 2.24) is 0 Å². The van der Waals surface area contributed by atoms with E-state index in [1.807, 2.05) is 0 Å². The van der Waals surface area contributed by atoms with Crippen LogP contribution in [0.3, 0.4) is 0 Å². The van der Waals surface area contributed by atoms with Gasteiger partial charge in [-0.05, 0) is 37.8 Å². The minimum absolute atomic E-state index is 0.206. The van der Waals surface area contributed by atoms with Crippen molar-refractivity contribution in [3.63, 3.8) is 0 Å². The van der Waals surface area contributed by atoms with Crippen LogP contribution in [0.1, 0.15) is 36.0 Å². The molecule has 2 rings (SSSR count). The average molecular weight is 259 g/mol. The zero-order valence-corrected chi connectivity index (χ0v) is 10.2. The second kappa shape index (κ2) is 5.07. The molecule has 0 unspecified atom stereocenters. The van der Waals surface area contributed by atoms with E-state index in [2.05, 4.69) is 0 Å². The number of aldehydes is 1. The van der Waals surface area contributed by atoms with Crippen molar-refractivity contribution in [2.24, 2.45) is 0 Å². The van der Waals surface area contributed by atoms with Gasteiger partial charge in [0.1, 0.15) is 6.29 Å². The summed E-state index contributed by atoms with van der Waals surface area (Å²) in [6, 6.07) is 3.15. The van der Waals surface area contributed by atoms with Crippen LogP contribution in [-0.2, 0) is 0 Å². The minimum Gasteiger partial charge on any atom is -0.487 e. The fourth-order valence-electron chi connectivity index (χ4n) is 1.93. The molecule has 0 N–H and O–H groups in total. The summed E-state index contributed by atoms with van der Waals surface area (Å²) >= 11 is 12.0. The third-order valence-corrected chi connectivity index (χ3v) is 3.30. The molecule has 2 nitrogen and oxygen atoms in total. The number of benzene rings is 1. The highest BCUT2D eigenvalue weighted by Crippen LogP contribution is 2.36. The zero-order chi connectivity index (χ0) is 11.5. The van der Waals surface area contributed by atoms with Crippen LogP contribution in [0.25, 0.3) is 0 Å². The molecule has 1 saturated carbocycles. The highest BCUT2D eigenvalue weighted by molar-refractivity contribution is 6.37. The first-order chi connectivity index (χ1) is 7.70. The van der Waals surface area contributed by atoms with E-state index in [1.165, 1.54) is 12.8 Å². The molecule has 0 saturated heterocycles. The van der Waals surface area contributed by atoms with Crippen LogP contribution in [0.4, 0.5) is 0 Å². The number of halogens is 2. The number of carbonyl (C=O) groups is 1. The van der Waals surface area contributed by atoms with Crippen molar-refractivity contribution in [1.29, 1.82) is 0 Å². The number of hydrogen-bond acceptors (Lipinski definition) is 2. The van der Waals surface area contributed by atoms with Crippen LogP contribution in [0.2, 0.25) is 10.0 Å². The fraction of sp³-hybridized carbons (Fsp3) is 0.417. The van der Waals surface area contributed by atoms with Crippen LogP contribution in [0, 0.1) is 0 Å². The van der Waals surface area contributed by atoms with Gasteiger partial charge in [-0.1, -0.05) is 23.2 Å². The van der Waals surface area contributed by atoms with Crippen LogP contribution in [0.5, 0.6) is 5.75 Å². The van der Waals surface area contributed by atoms with E-state index in [9.17, 15) is 4.79 Å². The number of hydrogen-bond donors (Lipinski definition) is 0. The molecule has 0 heterocycles. The lowest BCUT2D eigenvalue weighted by Crippen LogP contribution is -2.11. The van der Waals surface area contributed by atoms with Gasteiger partial charge in [-0.3, -0.25) is 4.79 Å². The van der Waals surface area contributed by atoms with E-state index in [1.54, 1.807) is 12.1 Å². The Kier molecular flexibility index (Phi) is 3.72. The molecule has 0 radical (unpaired) electrons. The van der Waals surface area contributed by atoms with Crippen molar-refractivity contribution in [3.8, 4) is 5.75 Å². The van der Waals surface area contributed by atoms with Gasteiger partial charge >= 0.3 is 0 Å². The van der Waals surface area contributed by atoms with Gasteiger partial charge in [0.05, 0.1) is 16.1 Å². The first kappa shape index (κ1) is 11.7. The molecule has 1 aromatic carbocycles. The molecule has 1 aliphatic rings. The van der Waals surface area contributed by atoms with E-state index >= 15 is 0 Å². The van der Waals surface area contributed by atoms with Gasteiger partial charge in [0.25, 0.3) is 0 Å². The summed E-state index contributed by atoms with van der Waals surface area (Å²) < 4.78 is 5.76. The van der Waals surface area contributed by atoms with Crippen LogP contribution in [0.15, 0.2) is 12.1 Å². The van der Waals surface area contributed by atoms with E-state index < -0.39 is 0 Å². The predicted molar refractivity (Wildman–Crippen MR) is 64.7 cm³/mol. The van der Waals surface area contributed by atoms with E-state index in [-0.39, 0.29) is 6.10 Å². The number of carbonyl (C=O) groups excluding carboxylic acids is 1. The Bertz CT molecular complexity index is 375. The van der Waals surface area contributed by atoms with Crippen molar-refractivity contribution in [2.75, 3.05) is 0 Å². The van der Waals surface area contributed by atoms with Gasteiger partial charge in [0.2, 0.25) is 0 Å². The molecule has 0 spiro atoms. The second-order valence-electron chi connectivity index (χ2n) is 3.96. The van der Waals surface area contributed by atoms with Crippen molar-refractivity contribution in [3.05, 3.63) is 27.7 Å². The van der Waals surface area contributed by atoms with Gasteiger partial charge in [-0.2, -0.15) is 0 Å². The summed E-state index contributed by atoms with van der Waals surface area (Å²) in [6.07, 6.45) is 5.39. The summed E-state index contributed by atoms with van der Waals surface area (Å²) in [7, 11) is 0. The third-order valence-electron chi connectivity index (χ3n) is 2.74. The standard InChI is InChI=1S/C12H12Cl2O2/c13-10-5-8(7-15)6-11(14)12(10)16-9-3-1-2-4-9/h5-7,9H,1-4H2. The van der Waals surface area contributed by atoms with Crippen LogP contribution >= 0.6 is 23.2 Å². The molecule has 1 aliphatic carbocycles. The van der Waals surface area contributed by atoms with Crippen molar-refractivity contribution >= 4 is 29.5 Å². The van der Waals surface area contributed by atoms with Gasteiger partial charge < -0.3 is 4.74 Å². The molecule has 1 fully saturated rings. The maximum atomic E-state index is 10.6. The molecule has 0 amide bonds. The molecule has 0 aromatic heterocycles. The van der Waals surface area contributed by atoms with Crippen LogP contribution < -0.4 is 4.74 Å². The summed E-state index contributed by atoms with van der Waals surface area (Å²) in [5.41, 5.74) is 0.466. The fourth-order valence-corrected chi connectivity index (χ4v) is 2.53. The summed E-state index contributed by atoms with van der Waals surface area (Å²) in [5, 5.41) is 0.808. The molecule has 0 aliphatic heterocycles. The van der Waals surface area contributed by atoms with Gasteiger partial charge in [-0.25, -0.2) is 0 Å². The minimum atomic E-state index is 0.206. The quantitative estimate of drug-likeness (QED) is 0.763. The van der Waals surface area contributed by atoms with Gasteiger partial charge in [0, 0.05) is 5.56 Å². The molecule has 1 aromatic rings. The number of ether oxygens (including phenoxy) is 1. The Labute approximate surface area is 104 Å². The predicted octanol–water partition coefficient (Wildman–Crippen LogP) is 4.13. The molecule has 16 heavy (non-hydrogen) atoms. The topological polar surface area (TPSA) is 26.3 Å². The van der Waals surface area contributed by atoms with E-state index in [0.717, 1.165) is 19.1 Å². The van der Waals surface area contributed by atoms with Gasteiger partial charge in [-0.15, -0.1) is 0 Å². The maximum absolute atomic E-state index is 10.6. The Morgan fingerprint density at radius 3 is 2.25 bits per heavy atom. The highest BCUT2D eigenvalue weighted by atomic mass is 35.5. The molecule has 4 heteroatoms. The molecule has 86 valence electrons. The molecular formula is C12H12Cl2O2. The first-order valence-corrected chi connectivity index (χ1v) is 6.07. The van der Waals surface area contributed by atoms with Gasteiger partial charge in [0.15, 0.2) is 5.75 Å². The lowest BCUT2D eigenvalue weighted by Gasteiger charge is -2.15. The largest absolute Gasteiger partial charge is 0.487 e. The SMILES string of the molecule is O=Cc1cc(Cl)c(OC2CCCC2)c(Cl)c1. The normalized spacial score (nSPS) is 16.4. The summed E-state index contributed by atoms with van der Waals surface area (Å²) in [4.78, 5) is 10.6. The monoisotopic (exact) mass is 258 g/mol. The lowest BCUT2D eigenvalue weighted by molar-refractivity contribution is 0.112. The number of rotatable bonds is 3. The van der Waals surface area contributed by atoms with Crippen LogP contribution in [-0.4, -0.2) is 12.4 Å². The third kappa shape index (κ3) is 2.50. The smallest absolute Gasteiger partial charge is 0.156 e. The zero-order valence-electron chi connectivity index (χ0n) is 8.71. The van der Waals surface area contributed by atoms with E-state index in [0.29, 0.717) is 21.4 Å². The van der Waals surface area contributed by atoms with E-state index in [4.69, 9.17) is 27.9 Å². The van der Waals surface area contributed by atoms with Crippen molar-refractivity contribution < 1.29 is 9.53 Å². The Morgan fingerprint density at radius 2 is 1.75 bits per heavy atom. The Morgan fingerprint density at radius 1 is 1.19 bits per heavy atom. The molecule has 0 atom stereocenters.